The van der Waals surface area contributed by atoms with Crippen molar-refractivity contribution >= 4 is 11.8 Å². The Bertz CT molecular complexity index is 829. The highest BCUT2D eigenvalue weighted by Gasteiger charge is 2.27. The number of hydrogen-bond donors (Lipinski definition) is 2. The van der Waals surface area contributed by atoms with E-state index in [1.165, 1.54) is 6.07 Å². The number of halogens is 1. The number of rotatable bonds is 5. The van der Waals surface area contributed by atoms with Gasteiger partial charge in [-0.2, -0.15) is 0 Å². The summed E-state index contributed by atoms with van der Waals surface area (Å²) in [4.78, 5) is 29.4. The number of carbonyl (C=O) groups is 2. The van der Waals surface area contributed by atoms with E-state index in [2.05, 4.69) is 15.6 Å². The maximum Gasteiger partial charge on any atom is 0.287 e. The first-order chi connectivity index (χ1) is 12.5. The standard InChI is InChI=1S/C19H23FN4O2/c1-12(2)22-18(25)16-15-9-5-6-10-24(15)17(23-16)19(26)21-11-13-7-3-4-8-14(13)20/h3-4,7-8,12H,5-6,9-11H2,1-2H3,(H,21,26)(H,22,25). The van der Waals surface area contributed by atoms with Gasteiger partial charge in [0.2, 0.25) is 0 Å². The van der Waals surface area contributed by atoms with Crippen LogP contribution < -0.4 is 10.6 Å². The number of hydrogen-bond acceptors (Lipinski definition) is 3. The van der Waals surface area contributed by atoms with Gasteiger partial charge in [0.05, 0.1) is 5.69 Å². The zero-order valence-electron chi connectivity index (χ0n) is 15.0. The molecule has 2 N–H and O–H groups in total. The van der Waals surface area contributed by atoms with Crippen molar-refractivity contribution < 1.29 is 14.0 Å². The molecule has 26 heavy (non-hydrogen) atoms. The van der Waals surface area contributed by atoms with Crippen LogP contribution in [0.1, 0.15) is 59.1 Å². The van der Waals surface area contributed by atoms with E-state index in [1.54, 1.807) is 18.2 Å². The van der Waals surface area contributed by atoms with Crippen molar-refractivity contribution in [3.05, 3.63) is 52.9 Å². The molecule has 7 heteroatoms. The highest BCUT2D eigenvalue weighted by atomic mass is 19.1. The van der Waals surface area contributed by atoms with Gasteiger partial charge in [-0.1, -0.05) is 18.2 Å². The predicted molar refractivity (Wildman–Crippen MR) is 95.3 cm³/mol. The summed E-state index contributed by atoms with van der Waals surface area (Å²) in [5.74, 6) is -0.821. The van der Waals surface area contributed by atoms with Crippen LogP contribution in [-0.4, -0.2) is 27.4 Å². The molecule has 1 aromatic heterocycles. The molecule has 0 atom stereocenters. The number of fused-ring (bicyclic) bond motifs is 1. The van der Waals surface area contributed by atoms with E-state index in [9.17, 15) is 14.0 Å². The molecule has 1 aromatic carbocycles. The summed E-state index contributed by atoms with van der Waals surface area (Å²) in [5, 5.41) is 5.54. The normalized spacial score (nSPS) is 13.4. The molecular weight excluding hydrogens is 335 g/mol. The molecule has 2 heterocycles. The van der Waals surface area contributed by atoms with Crippen molar-refractivity contribution in [1.29, 1.82) is 0 Å². The lowest BCUT2D eigenvalue weighted by atomic mass is 10.1. The van der Waals surface area contributed by atoms with Crippen molar-refractivity contribution in [2.45, 2.75) is 52.2 Å². The SMILES string of the molecule is CC(C)NC(=O)c1nc(C(=O)NCc2ccccc2F)n2c1CCCC2. The Kier molecular flexibility index (Phi) is 5.35. The van der Waals surface area contributed by atoms with Crippen molar-refractivity contribution in [1.82, 2.24) is 20.2 Å². The van der Waals surface area contributed by atoms with E-state index in [-0.39, 0.29) is 30.1 Å². The summed E-state index contributed by atoms with van der Waals surface area (Å²) < 4.78 is 15.5. The molecule has 0 bridgehead atoms. The molecule has 0 saturated carbocycles. The third kappa shape index (κ3) is 3.76. The maximum absolute atomic E-state index is 13.7. The zero-order chi connectivity index (χ0) is 18.7. The summed E-state index contributed by atoms with van der Waals surface area (Å²) in [6, 6.07) is 6.29. The fraction of sp³-hybridized carbons (Fsp3) is 0.421. The average molecular weight is 358 g/mol. The van der Waals surface area contributed by atoms with Crippen LogP contribution in [0, 0.1) is 5.82 Å². The molecule has 1 aliphatic heterocycles. The predicted octanol–water partition coefficient (Wildman–Crippen LogP) is 2.43. The van der Waals surface area contributed by atoms with Gasteiger partial charge in [-0.3, -0.25) is 9.59 Å². The Morgan fingerprint density at radius 1 is 1.23 bits per heavy atom. The molecule has 0 aliphatic carbocycles. The lowest BCUT2D eigenvalue weighted by Gasteiger charge is -2.17. The summed E-state index contributed by atoms with van der Waals surface area (Å²) in [6.45, 7) is 4.48. The summed E-state index contributed by atoms with van der Waals surface area (Å²) >= 11 is 0. The third-order valence-electron chi connectivity index (χ3n) is 4.35. The average Bonchev–Trinajstić information content (AvgIpc) is 3.00. The molecule has 138 valence electrons. The third-order valence-corrected chi connectivity index (χ3v) is 4.35. The second kappa shape index (κ2) is 7.68. The van der Waals surface area contributed by atoms with Crippen LogP contribution in [0.15, 0.2) is 24.3 Å². The van der Waals surface area contributed by atoms with Crippen molar-refractivity contribution in [3.8, 4) is 0 Å². The first-order valence-electron chi connectivity index (χ1n) is 8.89. The molecule has 2 aromatic rings. The lowest BCUT2D eigenvalue weighted by Crippen LogP contribution is -2.31. The van der Waals surface area contributed by atoms with E-state index in [0.717, 1.165) is 18.5 Å². The Morgan fingerprint density at radius 2 is 2.00 bits per heavy atom. The number of carbonyl (C=O) groups excluding carboxylic acids is 2. The molecular formula is C19H23FN4O2. The molecule has 0 fully saturated rings. The van der Waals surface area contributed by atoms with Crippen molar-refractivity contribution in [2.24, 2.45) is 0 Å². The van der Waals surface area contributed by atoms with Crippen LogP contribution in [0.3, 0.4) is 0 Å². The molecule has 2 amide bonds. The first kappa shape index (κ1) is 18.1. The molecule has 3 rings (SSSR count). The Morgan fingerprint density at radius 3 is 2.73 bits per heavy atom. The minimum atomic E-state index is -0.403. The van der Waals surface area contributed by atoms with E-state index < -0.39 is 5.91 Å². The number of amides is 2. The topological polar surface area (TPSA) is 76.0 Å². The van der Waals surface area contributed by atoms with Crippen LogP contribution in [0.25, 0.3) is 0 Å². The van der Waals surface area contributed by atoms with E-state index in [1.807, 2.05) is 18.4 Å². The van der Waals surface area contributed by atoms with Gasteiger partial charge in [0.1, 0.15) is 11.5 Å². The number of aromatic nitrogens is 2. The summed E-state index contributed by atoms with van der Waals surface area (Å²) in [5.41, 5.74) is 1.52. The monoisotopic (exact) mass is 358 g/mol. The Balaban J connectivity index is 1.82. The van der Waals surface area contributed by atoms with Crippen molar-refractivity contribution in [3.63, 3.8) is 0 Å². The highest BCUT2D eigenvalue weighted by Crippen LogP contribution is 2.21. The number of benzene rings is 1. The fourth-order valence-corrected chi connectivity index (χ4v) is 3.13. The highest BCUT2D eigenvalue weighted by molar-refractivity contribution is 5.97. The zero-order valence-corrected chi connectivity index (χ0v) is 15.0. The molecule has 0 radical (unpaired) electrons. The van der Waals surface area contributed by atoms with E-state index in [0.29, 0.717) is 24.2 Å². The van der Waals surface area contributed by atoms with Gasteiger partial charge in [0, 0.05) is 24.7 Å². The van der Waals surface area contributed by atoms with Gasteiger partial charge in [-0.25, -0.2) is 9.37 Å². The lowest BCUT2D eigenvalue weighted by molar-refractivity contribution is 0.0934. The van der Waals surface area contributed by atoms with Gasteiger partial charge >= 0.3 is 0 Å². The van der Waals surface area contributed by atoms with Gasteiger partial charge in [0.15, 0.2) is 5.82 Å². The van der Waals surface area contributed by atoms with Gasteiger partial charge in [0.25, 0.3) is 11.8 Å². The quantitative estimate of drug-likeness (QED) is 0.862. The minimum Gasteiger partial charge on any atom is -0.348 e. The smallest absolute Gasteiger partial charge is 0.287 e. The van der Waals surface area contributed by atoms with Gasteiger partial charge in [-0.15, -0.1) is 0 Å². The maximum atomic E-state index is 13.7. The molecule has 0 spiro atoms. The summed E-state index contributed by atoms with van der Waals surface area (Å²) in [7, 11) is 0. The van der Waals surface area contributed by atoms with Crippen LogP contribution in [0.2, 0.25) is 0 Å². The minimum absolute atomic E-state index is 0.0122. The van der Waals surface area contributed by atoms with Gasteiger partial charge < -0.3 is 15.2 Å². The number of imidazole rings is 1. The van der Waals surface area contributed by atoms with E-state index >= 15 is 0 Å². The molecule has 1 aliphatic rings. The second-order valence-corrected chi connectivity index (χ2v) is 6.74. The Hall–Kier alpha value is -2.70. The van der Waals surface area contributed by atoms with Crippen molar-refractivity contribution in [2.75, 3.05) is 0 Å². The first-order valence-corrected chi connectivity index (χ1v) is 8.89. The number of nitrogens with one attached hydrogen (secondary N) is 2. The molecule has 6 nitrogen and oxygen atoms in total. The van der Waals surface area contributed by atoms with Crippen LogP contribution in [-0.2, 0) is 19.5 Å². The summed E-state index contributed by atoms with van der Waals surface area (Å²) in [6.07, 6.45) is 2.61. The van der Waals surface area contributed by atoms with Crippen LogP contribution in [0.5, 0.6) is 0 Å². The van der Waals surface area contributed by atoms with Gasteiger partial charge in [-0.05, 0) is 39.2 Å². The largest absolute Gasteiger partial charge is 0.348 e. The van der Waals surface area contributed by atoms with Crippen LogP contribution >= 0.6 is 0 Å². The Labute approximate surface area is 151 Å². The molecule has 0 saturated heterocycles. The van der Waals surface area contributed by atoms with Crippen LogP contribution in [0.4, 0.5) is 4.39 Å². The fourth-order valence-electron chi connectivity index (χ4n) is 3.13. The van der Waals surface area contributed by atoms with E-state index in [4.69, 9.17) is 0 Å². The second-order valence-electron chi connectivity index (χ2n) is 6.74. The molecule has 0 unspecified atom stereocenters. The number of nitrogens with zero attached hydrogens (tertiary/aromatic N) is 2.